The summed E-state index contributed by atoms with van der Waals surface area (Å²) in [6, 6.07) is 14.5. The molecule has 2 fully saturated rings. The maximum atomic E-state index is 13.0. The molecule has 2 aromatic carbocycles. The average molecular weight is 390 g/mol. The number of aryl methyl sites for hydroxylation is 1. The van der Waals surface area contributed by atoms with Crippen molar-refractivity contribution in [2.24, 2.45) is 17.8 Å². The molecule has 1 N–H and O–H groups in total. The Morgan fingerprint density at radius 3 is 2.59 bits per heavy atom. The van der Waals surface area contributed by atoms with Crippen LogP contribution in [0.15, 0.2) is 48.5 Å². The minimum atomic E-state index is -0.252. The third kappa shape index (κ3) is 3.57. The SMILES string of the molecule is CCc1ccccc1NC(=O)c1cccc(N2C(=O)[C@H]3CC[C@@H](C)C[C@@H]3C2=O)c1. The number of rotatable bonds is 4. The van der Waals surface area contributed by atoms with E-state index in [0.717, 1.165) is 36.9 Å². The maximum Gasteiger partial charge on any atom is 0.255 e. The number of para-hydroxylation sites is 1. The van der Waals surface area contributed by atoms with Crippen LogP contribution in [-0.4, -0.2) is 17.7 Å². The van der Waals surface area contributed by atoms with Crippen LogP contribution in [0.1, 0.15) is 49.0 Å². The molecule has 1 aliphatic carbocycles. The highest BCUT2D eigenvalue weighted by molar-refractivity contribution is 6.22. The number of fused-ring (bicyclic) bond motifs is 1. The molecule has 2 aromatic rings. The molecule has 5 heteroatoms. The predicted molar refractivity (Wildman–Crippen MR) is 113 cm³/mol. The van der Waals surface area contributed by atoms with Crippen LogP contribution in [0, 0.1) is 17.8 Å². The van der Waals surface area contributed by atoms with Gasteiger partial charge in [-0.05, 0) is 61.4 Å². The molecule has 4 rings (SSSR count). The summed E-state index contributed by atoms with van der Waals surface area (Å²) in [6.07, 6.45) is 3.32. The molecular formula is C24H26N2O3. The predicted octanol–water partition coefficient (Wildman–Crippen LogP) is 4.43. The Kier molecular flexibility index (Phi) is 5.22. The van der Waals surface area contributed by atoms with E-state index < -0.39 is 0 Å². The average Bonchev–Trinajstić information content (AvgIpc) is 2.98. The molecule has 0 unspecified atom stereocenters. The maximum absolute atomic E-state index is 13.0. The zero-order chi connectivity index (χ0) is 20.5. The molecule has 1 heterocycles. The lowest BCUT2D eigenvalue weighted by Crippen LogP contribution is -2.31. The molecule has 1 saturated heterocycles. The van der Waals surface area contributed by atoms with Gasteiger partial charge in [-0.2, -0.15) is 0 Å². The van der Waals surface area contributed by atoms with Gasteiger partial charge in [0.25, 0.3) is 5.91 Å². The highest BCUT2D eigenvalue weighted by Crippen LogP contribution is 2.42. The summed E-state index contributed by atoms with van der Waals surface area (Å²) in [6.45, 7) is 4.17. The van der Waals surface area contributed by atoms with E-state index >= 15 is 0 Å². The summed E-state index contributed by atoms with van der Waals surface area (Å²) in [5, 5.41) is 2.95. The van der Waals surface area contributed by atoms with Gasteiger partial charge in [-0.1, -0.05) is 38.1 Å². The summed E-state index contributed by atoms with van der Waals surface area (Å²) >= 11 is 0. The summed E-state index contributed by atoms with van der Waals surface area (Å²) in [5.74, 6) is -0.476. The van der Waals surface area contributed by atoms with Crippen LogP contribution in [0.4, 0.5) is 11.4 Å². The van der Waals surface area contributed by atoms with E-state index in [1.165, 1.54) is 4.90 Å². The molecule has 2 aliphatic rings. The summed E-state index contributed by atoms with van der Waals surface area (Å²) in [4.78, 5) is 40.0. The number of imide groups is 1. The molecule has 1 aliphatic heterocycles. The van der Waals surface area contributed by atoms with Gasteiger partial charge in [-0.25, -0.2) is 0 Å². The second kappa shape index (κ2) is 7.82. The van der Waals surface area contributed by atoms with E-state index in [9.17, 15) is 14.4 Å². The Labute approximate surface area is 171 Å². The topological polar surface area (TPSA) is 66.5 Å². The number of carbonyl (C=O) groups excluding carboxylic acids is 3. The molecule has 0 spiro atoms. The third-order valence-corrected chi connectivity index (χ3v) is 6.20. The first kappa shape index (κ1) is 19.4. The highest BCUT2D eigenvalue weighted by atomic mass is 16.2. The third-order valence-electron chi connectivity index (χ3n) is 6.20. The van der Waals surface area contributed by atoms with E-state index in [2.05, 4.69) is 12.2 Å². The summed E-state index contributed by atoms with van der Waals surface area (Å²) in [5.41, 5.74) is 2.74. The summed E-state index contributed by atoms with van der Waals surface area (Å²) in [7, 11) is 0. The van der Waals surface area contributed by atoms with Gasteiger partial charge in [0.05, 0.1) is 17.5 Å². The molecule has 0 radical (unpaired) electrons. The van der Waals surface area contributed by atoms with Crippen molar-refractivity contribution < 1.29 is 14.4 Å². The highest BCUT2D eigenvalue weighted by Gasteiger charge is 2.50. The smallest absolute Gasteiger partial charge is 0.255 e. The number of amides is 3. The molecule has 0 bridgehead atoms. The van der Waals surface area contributed by atoms with E-state index in [1.807, 2.05) is 31.2 Å². The van der Waals surface area contributed by atoms with Crippen molar-refractivity contribution in [3.8, 4) is 0 Å². The number of anilines is 2. The van der Waals surface area contributed by atoms with E-state index in [4.69, 9.17) is 0 Å². The van der Waals surface area contributed by atoms with Gasteiger partial charge in [0.2, 0.25) is 11.8 Å². The molecule has 0 aromatic heterocycles. The lowest BCUT2D eigenvalue weighted by atomic mass is 9.76. The molecule has 3 amide bonds. The Bertz CT molecular complexity index is 968. The Balaban J connectivity index is 1.58. The zero-order valence-electron chi connectivity index (χ0n) is 16.9. The second-order valence-electron chi connectivity index (χ2n) is 8.16. The van der Waals surface area contributed by atoms with Crippen LogP contribution in [0.2, 0.25) is 0 Å². The monoisotopic (exact) mass is 390 g/mol. The fourth-order valence-corrected chi connectivity index (χ4v) is 4.58. The van der Waals surface area contributed by atoms with E-state index in [0.29, 0.717) is 17.2 Å². The number of nitrogens with zero attached hydrogens (tertiary/aromatic N) is 1. The van der Waals surface area contributed by atoms with Gasteiger partial charge in [-0.15, -0.1) is 0 Å². The molecular weight excluding hydrogens is 364 g/mol. The first-order valence-corrected chi connectivity index (χ1v) is 10.4. The van der Waals surface area contributed by atoms with Crippen LogP contribution in [0.3, 0.4) is 0 Å². The number of hydrogen-bond donors (Lipinski definition) is 1. The fraction of sp³-hybridized carbons (Fsp3) is 0.375. The zero-order valence-corrected chi connectivity index (χ0v) is 16.9. The van der Waals surface area contributed by atoms with Crippen LogP contribution in [0.5, 0.6) is 0 Å². The van der Waals surface area contributed by atoms with Gasteiger partial charge in [0, 0.05) is 11.3 Å². The quantitative estimate of drug-likeness (QED) is 0.786. The lowest BCUT2D eigenvalue weighted by molar-refractivity contribution is -0.122. The van der Waals surface area contributed by atoms with Gasteiger partial charge < -0.3 is 5.32 Å². The molecule has 5 nitrogen and oxygen atoms in total. The normalized spacial score (nSPS) is 23.8. The lowest BCUT2D eigenvalue weighted by Gasteiger charge is -2.25. The molecule has 1 saturated carbocycles. The fourth-order valence-electron chi connectivity index (χ4n) is 4.58. The molecule has 29 heavy (non-hydrogen) atoms. The first-order valence-electron chi connectivity index (χ1n) is 10.4. The number of hydrogen-bond acceptors (Lipinski definition) is 3. The standard InChI is InChI=1S/C24H26N2O3/c1-3-16-7-4-5-10-21(16)25-22(27)17-8-6-9-18(14-17)26-23(28)19-12-11-15(2)13-20(19)24(26)29/h4-10,14-15,19-20H,3,11-13H2,1-2H3,(H,25,27)/t15-,19+,20+/m1/s1. The molecule has 150 valence electrons. The Hall–Kier alpha value is -2.95. The van der Waals surface area contributed by atoms with Crippen LogP contribution >= 0.6 is 0 Å². The van der Waals surface area contributed by atoms with Crippen molar-refractivity contribution in [3.63, 3.8) is 0 Å². The first-order chi connectivity index (χ1) is 14.0. The minimum Gasteiger partial charge on any atom is -0.322 e. The van der Waals surface area contributed by atoms with E-state index in [1.54, 1.807) is 24.3 Å². The van der Waals surface area contributed by atoms with Crippen LogP contribution < -0.4 is 10.2 Å². The van der Waals surface area contributed by atoms with Gasteiger partial charge >= 0.3 is 0 Å². The van der Waals surface area contributed by atoms with Crippen molar-refractivity contribution in [3.05, 3.63) is 59.7 Å². The number of nitrogens with one attached hydrogen (secondary N) is 1. The van der Waals surface area contributed by atoms with Crippen LogP contribution in [0.25, 0.3) is 0 Å². The van der Waals surface area contributed by atoms with E-state index in [-0.39, 0.29) is 29.6 Å². The van der Waals surface area contributed by atoms with Crippen molar-refractivity contribution >= 4 is 29.1 Å². The van der Waals surface area contributed by atoms with Crippen molar-refractivity contribution in [2.75, 3.05) is 10.2 Å². The number of carbonyl (C=O) groups is 3. The molecule has 3 atom stereocenters. The Morgan fingerprint density at radius 1 is 1.03 bits per heavy atom. The van der Waals surface area contributed by atoms with Crippen LogP contribution in [-0.2, 0) is 16.0 Å². The van der Waals surface area contributed by atoms with Crippen molar-refractivity contribution in [2.45, 2.75) is 39.5 Å². The minimum absolute atomic E-state index is 0.124. The number of benzene rings is 2. The van der Waals surface area contributed by atoms with Gasteiger partial charge in [-0.3, -0.25) is 19.3 Å². The largest absolute Gasteiger partial charge is 0.322 e. The summed E-state index contributed by atoms with van der Waals surface area (Å²) < 4.78 is 0. The van der Waals surface area contributed by atoms with Crippen molar-refractivity contribution in [1.82, 2.24) is 0 Å². The van der Waals surface area contributed by atoms with Gasteiger partial charge in [0.1, 0.15) is 0 Å². The van der Waals surface area contributed by atoms with Gasteiger partial charge in [0.15, 0.2) is 0 Å². The second-order valence-corrected chi connectivity index (χ2v) is 8.16. The van der Waals surface area contributed by atoms with Crippen molar-refractivity contribution in [1.29, 1.82) is 0 Å². The Morgan fingerprint density at radius 2 is 1.79 bits per heavy atom.